The Labute approximate surface area is 132 Å². The van der Waals surface area contributed by atoms with Crippen molar-refractivity contribution in [3.63, 3.8) is 0 Å². The predicted octanol–water partition coefficient (Wildman–Crippen LogP) is 1.65. The molecule has 0 aliphatic carbocycles. The number of amides is 1. The second-order valence-electron chi connectivity index (χ2n) is 5.12. The molecule has 126 valence electrons. The number of ether oxygens (including phenoxy) is 1. The van der Waals surface area contributed by atoms with Gasteiger partial charge in [-0.2, -0.15) is 8.42 Å². The highest BCUT2D eigenvalue weighted by molar-refractivity contribution is 7.86. The van der Waals surface area contributed by atoms with Gasteiger partial charge in [-0.1, -0.05) is 0 Å². The van der Waals surface area contributed by atoms with E-state index < -0.39 is 32.7 Å². The molecule has 1 heterocycles. The first-order valence-electron chi connectivity index (χ1n) is 6.85. The predicted molar refractivity (Wildman–Crippen MR) is 79.6 cm³/mol. The number of nitrogens with zero attached hydrogens (tertiary/aromatic N) is 2. The van der Waals surface area contributed by atoms with E-state index in [1.165, 1.54) is 18.2 Å². The molecule has 1 aliphatic heterocycles. The fraction of sp³-hybridized carbons (Fsp3) is 0.462. The molecule has 1 aliphatic rings. The van der Waals surface area contributed by atoms with Crippen molar-refractivity contribution < 1.29 is 26.8 Å². The molecule has 1 atom stereocenters. The Hall–Kier alpha value is -2.23. The fourth-order valence-corrected chi connectivity index (χ4v) is 3.33. The Morgan fingerprint density at radius 3 is 2.74 bits per heavy atom. The summed E-state index contributed by atoms with van der Waals surface area (Å²) in [6.07, 6.45) is -0.173. The number of hydrogen-bond donors (Lipinski definition) is 0. The minimum atomic E-state index is -4.71. The summed E-state index contributed by atoms with van der Waals surface area (Å²) >= 11 is 0. The molecule has 23 heavy (non-hydrogen) atoms. The molecule has 2 rings (SSSR count). The van der Waals surface area contributed by atoms with Crippen molar-refractivity contribution in [1.29, 1.82) is 0 Å². The third-order valence-corrected chi connectivity index (χ3v) is 4.25. The topological polar surface area (TPSA) is 107 Å². The van der Waals surface area contributed by atoms with Gasteiger partial charge in [0.1, 0.15) is 11.4 Å². The number of rotatable bonds is 6. The molecule has 8 nitrogen and oxygen atoms in total. The molecule has 1 fully saturated rings. The van der Waals surface area contributed by atoms with Crippen molar-refractivity contribution >= 4 is 27.5 Å². The molecule has 0 spiro atoms. The zero-order valence-corrected chi connectivity index (χ0v) is 13.1. The Morgan fingerprint density at radius 1 is 1.48 bits per heavy atom. The molecule has 1 aromatic rings. The maximum atomic E-state index is 12.8. The second-order valence-corrected chi connectivity index (χ2v) is 6.53. The number of anilines is 1. The van der Waals surface area contributed by atoms with Gasteiger partial charge in [-0.3, -0.25) is 14.9 Å². The summed E-state index contributed by atoms with van der Waals surface area (Å²) in [7, 11) is -4.71. The van der Waals surface area contributed by atoms with E-state index in [1.54, 1.807) is 6.92 Å². The molecule has 0 aromatic heterocycles. The molecule has 0 radical (unpaired) electrons. The highest BCUT2D eigenvalue weighted by Gasteiger charge is 2.36. The van der Waals surface area contributed by atoms with Gasteiger partial charge in [-0.15, -0.1) is 3.89 Å². The van der Waals surface area contributed by atoms with Crippen LogP contribution in [0.2, 0.25) is 0 Å². The number of halogens is 1. The average molecular weight is 346 g/mol. The van der Waals surface area contributed by atoms with Gasteiger partial charge in [-0.25, -0.2) is 0 Å². The van der Waals surface area contributed by atoms with Gasteiger partial charge in [0.15, 0.2) is 0 Å². The third-order valence-electron chi connectivity index (χ3n) is 3.39. The molecule has 1 amide bonds. The van der Waals surface area contributed by atoms with Crippen LogP contribution in [0.25, 0.3) is 0 Å². The van der Waals surface area contributed by atoms with Gasteiger partial charge in [0, 0.05) is 18.9 Å². The van der Waals surface area contributed by atoms with E-state index in [9.17, 15) is 27.2 Å². The van der Waals surface area contributed by atoms with Crippen LogP contribution in [0.15, 0.2) is 18.2 Å². The number of carbonyl (C=O) groups excluding carboxylic acids is 1. The number of nitro groups is 1. The number of benzene rings is 1. The van der Waals surface area contributed by atoms with Crippen molar-refractivity contribution in [1.82, 2.24) is 0 Å². The van der Waals surface area contributed by atoms with Crippen molar-refractivity contribution in [3.8, 4) is 5.75 Å². The minimum Gasteiger partial charge on any atom is -0.494 e. The zero-order valence-electron chi connectivity index (χ0n) is 12.3. The molecule has 10 heteroatoms. The van der Waals surface area contributed by atoms with E-state index in [0.717, 1.165) is 4.90 Å². The summed E-state index contributed by atoms with van der Waals surface area (Å²) in [5, 5.41) is 11.2. The highest BCUT2D eigenvalue weighted by Crippen LogP contribution is 2.36. The summed E-state index contributed by atoms with van der Waals surface area (Å²) in [5.41, 5.74) is -0.282. The quantitative estimate of drug-likeness (QED) is 0.440. The van der Waals surface area contributed by atoms with Crippen molar-refractivity contribution in [2.75, 3.05) is 23.8 Å². The molecular weight excluding hydrogens is 331 g/mol. The Balaban J connectivity index is 2.30. The molecule has 0 N–H and O–H groups in total. The Kier molecular flexibility index (Phi) is 4.83. The zero-order chi connectivity index (χ0) is 17.2. The van der Waals surface area contributed by atoms with Crippen LogP contribution in [0, 0.1) is 16.0 Å². The lowest BCUT2D eigenvalue weighted by molar-refractivity contribution is -0.384. The van der Waals surface area contributed by atoms with Crippen molar-refractivity contribution in [2.24, 2.45) is 5.92 Å². The van der Waals surface area contributed by atoms with Gasteiger partial charge in [-0.05, 0) is 19.1 Å². The highest BCUT2D eigenvalue weighted by atomic mass is 32.3. The van der Waals surface area contributed by atoms with Crippen LogP contribution in [0.5, 0.6) is 5.75 Å². The van der Waals surface area contributed by atoms with Crippen LogP contribution in [0.1, 0.15) is 13.3 Å². The first kappa shape index (κ1) is 17.1. The van der Waals surface area contributed by atoms with Crippen LogP contribution in [-0.4, -0.2) is 38.2 Å². The minimum absolute atomic E-state index is 0.0437. The van der Waals surface area contributed by atoms with E-state index in [2.05, 4.69) is 0 Å². The number of nitro benzene ring substituents is 1. The lowest BCUT2D eigenvalue weighted by Crippen LogP contribution is -2.26. The maximum absolute atomic E-state index is 12.8. The Morgan fingerprint density at radius 2 is 2.17 bits per heavy atom. The summed E-state index contributed by atoms with van der Waals surface area (Å²) in [6.45, 7) is 1.97. The van der Waals surface area contributed by atoms with Crippen molar-refractivity contribution in [2.45, 2.75) is 13.3 Å². The molecule has 1 unspecified atom stereocenters. The summed E-state index contributed by atoms with van der Waals surface area (Å²) in [5.74, 6) is -1.70. The Bertz CT molecular complexity index is 736. The van der Waals surface area contributed by atoms with Gasteiger partial charge >= 0.3 is 10.2 Å². The van der Waals surface area contributed by atoms with Gasteiger partial charge < -0.3 is 9.64 Å². The molecule has 0 bridgehead atoms. The monoisotopic (exact) mass is 346 g/mol. The van der Waals surface area contributed by atoms with Gasteiger partial charge in [0.05, 0.1) is 23.3 Å². The number of hydrogen-bond acceptors (Lipinski definition) is 6. The summed E-state index contributed by atoms with van der Waals surface area (Å²) < 4.78 is 39.4. The number of carbonyl (C=O) groups is 1. The van der Waals surface area contributed by atoms with Crippen LogP contribution >= 0.6 is 0 Å². The smallest absolute Gasteiger partial charge is 0.302 e. The average Bonchev–Trinajstić information content (AvgIpc) is 2.77. The third kappa shape index (κ3) is 4.15. The SMILES string of the molecule is CCOc1ccc(N2CC(CS(=O)(=O)F)CC2=O)c([N+](=O)[O-])c1. The lowest BCUT2D eigenvalue weighted by atomic mass is 10.1. The van der Waals surface area contributed by atoms with Crippen LogP contribution in [0.3, 0.4) is 0 Å². The van der Waals surface area contributed by atoms with Crippen LogP contribution < -0.4 is 9.64 Å². The normalized spacial score (nSPS) is 18.3. The molecule has 1 saturated heterocycles. The van der Waals surface area contributed by atoms with Crippen LogP contribution in [-0.2, 0) is 15.0 Å². The van der Waals surface area contributed by atoms with E-state index in [1.807, 2.05) is 0 Å². The summed E-state index contributed by atoms with van der Waals surface area (Å²) in [6, 6.07) is 4.05. The molecule has 1 aromatic carbocycles. The molecular formula is C13H15FN2O6S. The van der Waals surface area contributed by atoms with E-state index in [-0.39, 0.29) is 30.1 Å². The van der Waals surface area contributed by atoms with Crippen LogP contribution in [0.4, 0.5) is 15.3 Å². The maximum Gasteiger partial charge on any atom is 0.302 e. The van der Waals surface area contributed by atoms with Crippen molar-refractivity contribution in [3.05, 3.63) is 28.3 Å². The lowest BCUT2D eigenvalue weighted by Gasteiger charge is -2.17. The largest absolute Gasteiger partial charge is 0.494 e. The first-order valence-corrected chi connectivity index (χ1v) is 8.40. The first-order chi connectivity index (χ1) is 10.7. The summed E-state index contributed by atoms with van der Waals surface area (Å²) in [4.78, 5) is 23.7. The van der Waals surface area contributed by atoms with Gasteiger partial charge in [0.25, 0.3) is 5.69 Å². The standard InChI is InChI=1S/C13H15FN2O6S/c1-2-22-10-3-4-11(12(6-10)16(18)19)15-7-9(5-13(15)17)8-23(14,20)21/h3-4,6,9H,2,5,7-8H2,1H3. The van der Waals surface area contributed by atoms with E-state index in [0.29, 0.717) is 6.61 Å². The molecule has 0 saturated carbocycles. The van der Waals surface area contributed by atoms with E-state index >= 15 is 0 Å². The van der Waals surface area contributed by atoms with Gasteiger partial charge in [0.2, 0.25) is 5.91 Å². The second kappa shape index (κ2) is 6.49. The van der Waals surface area contributed by atoms with E-state index in [4.69, 9.17) is 4.74 Å². The fourth-order valence-electron chi connectivity index (χ4n) is 2.54.